The first-order valence-electron chi connectivity index (χ1n) is 3.46. The van der Waals surface area contributed by atoms with Gasteiger partial charge in [-0.1, -0.05) is 24.9 Å². The monoisotopic (exact) mass is 160 g/mol. The lowest BCUT2D eigenvalue weighted by molar-refractivity contribution is 0.0839. The molecular weight excluding hydrogens is 148 g/mol. The Morgan fingerprint density at radius 3 is 2.80 bits per heavy atom. The van der Waals surface area contributed by atoms with Gasteiger partial charge in [0.15, 0.2) is 0 Å². The zero-order valence-electron chi connectivity index (χ0n) is 6.27. The molecule has 0 amide bonds. The van der Waals surface area contributed by atoms with E-state index < -0.39 is 0 Å². The van der Waals surface area contributed by atoms with E-state index in [1.165, 1.54) is 0 Å². The first-order valence-corrected chi connectivity index (χ1v) is 3.99. The van der Waals surface area contributed by atoms with E-state index in [0.29, 0.717) is 6.42 Å². The van der Waals surface area contributed by atoms with Gasteiger partial charge in [0.2, 0.25) is 0 Å². The maximum Gasteiger partial charge on any atom is 0.121 e. The van der Waals surface area contributed by atoms with Crippen LogP contribution in [0, 0.1) is 12.3 Å². The van der Waals surface area contributed by atoms with Gasteiger partial charge in [0, 0.05) is 6.42 Å². The van der Waals surface area contributed by atoms with Crippen molar-refractivity contribution < 1.29 is 4.74 Å². The fraction of sp³-hybridized carbons (Fsp3) is 0.750. The van der Waals surface area contributed by atoms with Gasteiger partial charge in [0.05, 0.1) is 6.10 Å². The Morgan fingerprint density at radius 1 is 1.70 bits per heavy atom. The van der Waals surface area contributed by atoms with Gasteiger partial charge in [-0.05, 0) is 6.42 Å². The zero-order valence-corrected chi connectivity index (χ0v) is 7.03. The van der Waals surface area contributed by atoms with Gasteiger partial charge in [-0.3, -0.25) is 0 Å². The van der Waals surface area contributed by atoms with Crippen LogP contribution < -0.4 is 0 Å². The van der Waals surface area contributed by atoms with E-state index in [1.807, 2.05) is 0 Å². The molecule has 0 heterocycles. The summed E-state index contributed by atoms with van der Waals surface area (Å²) in [6.07, 6.45) is 8.03. The number of ether oxygens (including phenoxy) is 1. The smallest absolute Gasteiger partial charge is 0.121 e. The minimum Gasteiger partial charge on any atom is -0.362 e. The number of hydrogen-bond acceptors (Lipinski definition) is 1. The summed E-state index contributed by atoms with van der Waals surface area (Å²) in [5.74, 6) is 2.55. The maximum atomic E-state index is 5.38. The molecule has 1 unspecified atom stereocenters. The molecule has 0 aromatic heterocycles. The highest BCUT2D eigenvalue weighted by molar-refractivity contribution is 6.17. The van der Waals surface area contributed by atoms with Crippen molar-refractivity contribution in [2.24, 2.45) is 0 Å². The Labute approximate surface area is 67.7 Å². The van der Waals surface area contributed by atoms with Crippen LogP contribution in [0.2, 0.25) is 0 Å². The van der Waals surface area contributed by atoms with Crippen LogP contribution in [-0.2, 0) is 4.74 Å². The van der Waals surface area contributed by atoms with Crippen molar-refractivity contribution in [1.29, 1.82) is 0 Å². The summed E-state index contributed by atoms with van der Waals surface area (Å²) in [4.78, 5) is 0. The Morgan fingerprint density at radius 2 is 2.40 bits per heavy atom. The molecule has 0 radical (unpaired) electrons. The van der Waals surface area contributed by atoms with Crippen LogP contribution in [0.15, 0.2) is 0 Å². The second kappa shape index (κ2) is 6.92. The lowest BCUT2D eigenvalue weighted by Gasteiger charge is -2.11. The van der Waals surface area contributed by atoms with Crippen LogP contribution in [0.5, 0.6) is 0 Å². The predicted octanol–water partition coefficient (Wildman–Crippen LogP) is 2.39. The van der Waals surface area contributed by atoms with Crippen molar-refractivity contribution in [3.05, 3.63) is 0 Å². The van der Waals surface area contributed by atoms with Crippen LogP contribution in [0.3, 0.4) is 0 Å². The van der Waals surface area contributed by atoms with Gasteiger partial charge < -0.3 is 4.74 Å². The van der Waals surface area contributed by atoms with Crippen LogP contribution in [0.4, 0.5) is 0 Å². The Hall–Kier alpha value is -0.190. The Kier molecular flexibility index (Phi) is 6.79. The molecular formula is C8H13ClO. The predicted molar refractivity (Wildman–Crippen MR) is 44.0 cm³/mol. The van der Waals surface area contributed by atoms with E-state index in [9.17, 15) is 0 Å². The van der Waals surface area contributed by atoms with Crippen molar-refractivity contribution in [2.45, 2.75) is 32.3 Å². The molecule has 0 aliphatic rings. The van der Waals surface area contributed by atoms with Gasteiger partial charge in [-0.25, -0.2) is 0 Å². The molecule has 0 aromatic rings. The molecule has 0 fully saturated rings. The topological polar surface area (TPSA) is 9.23 Å². The minimum atomic E-state index is 0.160. The molecule has 0 saturated carbocycles. The van der Waals surface area contributed by atoms with Crippen molar-refractivity contribution in [3.63, 3.8) is 0 Å². The third-order valence-electron chi connectivity index (χ3n) is 1.25. The molecule has 0 spiro atoms. The van der Waals surface area contributed by atoms with E-state index in [2.05, 4.69) is 12.8 Å². The summed E-state index contributed by atoms with van der Waals surface area (Å²) >= 11 is 5.38. The summed E-state index contributed by atoms with van der Waals surface area (Å²) in [5.41, 5.74) is 0. The molecule has 0 aromatic carbocycles. The fourth-order valence-electron chi connectivity index (χ4n) is 0.787. The quantitative estimate of drug-likeness (QED) is 0.443. The van der Waals surface area contributed by atoms with E-state index in [4.69, 9.17) is 22.8 Å². The second-order valence-electron chi connectivity index (χ2n) is 2.09. The molecule has 1 atom stereocenters. The van der Waals surface area contributed by atoms with Crippen LogP contribution >= 0.6 is 11.6 Å². The first kappa shape index (κ1) is 9.81. The summed E-state index contributed by atoms with van der Waals surface area (Å²) in [6.45, 7) is 2.10. The maximum absolute atomic E-state index is 5.38. The number of halogens is 1. The van der Waals surface area contributed by atoms with Crippen LogP contribution in [0.25, 0.3) is 0 Å². The first-order chi connectivity index (χ1) is 4.85. The third kappa shape index (κ3) is 4.67. The van der Waals surface area contributed by atoms with Crippen LogP contribution in [-0.4, -0.2) is 12.2 Å². The molecule has 1 nitrogen and oxygen atoms in total. The number of alkyl halides is 1. The lowest BCUT2D eigenvalue weighted by Crippen LogP contribution is -2.10. The molecule has 0 N–H and O–H groups in total. The normalized spacial score (nSPS) is 12.5. The molecule has 0 bridgehead atoms. The molecule has 2 heteroatoms. The molecule has 0 rings (SSSR count). The van der Waals surface area contributed by atoms with Crippen LogP contribution in [0.1, 0.15) is 26.2 Å². The number of hydrogen-bond donors (Lipinski definition) is 0. The van der Waals surface area contributed by atoms with Gasteiger partial charge in [0.1, 0.15) is 6.07 Å². The van der Waals surface area contributed by atoms with E-state index in [0.717, 1.165) is 12.8 Å². The van der Waals surface area contributed by atoms with E-state index >= 15 is 0 Å². The highest BCUT2D eigenvalue weighted by Crippen LogP contribution is 2.06. The Balaban J connectivity index is 3.42. The van der Waals surface area contributed by atoms with Gasteiger partial charge >= 0.3 is 0 Å². The molecule has 0 saturated heterocycles. The summed E-state index contributed by atoms with van der Waals surface area (Å²) < 4.78 is 5.15. The highest BCUT2D eigenvalue weighted by Gasteiger charge is 2.03. The van der Waals surface area contributed by atoms with Crippen molar-refractivity contribution in [1.82, 2.24) is 0 Å². The number of terminal acetylenes is 1. The van der Waals surface area contributed by atoms with Gasteiger partial charge in [0.25, 0.3) is 0 Å². The van der Waals surface area contributed by atoms with Crippen molar-refractivity contribution in [2.75, 3.05) is 6.07 Å². The SMILES string of the molecule is C#CCC(CCC)OCCl. The zero-order chi connectivity index (χ0) is 7.82. The molecule has 0 aliphatic heterocycles. The summed E-state index contributed by atoms with van der Waals surface area (Å²) in [7, 11) is 0. The average Bonchev–Trinajstić information content (AvgIpc) is 1.90. The second-order valence-corrected chi connectivity index (χ2v) is 2.31. The average molecular weight is 161 g/mol. The molecule has 58 valence electrons. The minimum absolute atomic E-state index is 0.160. The number of rotatable bonds is 5. The third-order valence-corrected chi connectivity index (χ3v) is 1.38. The van der Waals surface area contributed by atoms with E-state index in [-0.39, 0.29) is 12.2 Å². The van der Waals surface area contributed by atoms with Gasteiger partial charge in [-0.2, -0.15) is 0 Å². The van der Waals surface area contributed by atoms with E-state index in [1.54, 1.807) is 0 Å². The lowest BCUT2D eigenvalue weighted by atomic mass is 10.1. The standard InChI is InChI=1S/C8H13ClO/c1-3-5-8(6-4-2)10-7-9/h1,8H,4-7H2,2H3. The van der Waals surface area contributed by atoms with Crippen molar-refractivity contribution in [3.8, 4) is 12.3 Å². The largest absolute Gasteiger partial charge is 0.362 e. The summed E-state index contributed by atoms with van der Waals surface area (Å²) in [5, 5.41) is 0. The Bertz CT molecular complexity index is 100. The molecule has 0 aliphatic carbocycles. The highest BCUT2D eigenvalue weighted by atomic mass is 35.5. The van der Waals surface area contributed by atoms with Gasteiger partial charge in [-0.15, -0.1) is 12.3 Å². The fourth-order valence-corrected chi connectivity index (χ4v) is 0.965. The molecule has 10 heavy (non-hydrogen) atoms. The summed E-state index contributed by atoms with van der Waals surface area (Å²) in [6, 6.07) is 0.242. The van der Waals surface area contributed by atoms with Crippen molar-refractivity contribution >= 4 is 11.6 Å².